The van der Waals surface area contributed by atoms with Gasteiger partial charge in [-0.25, -0.2) is 4.98 Å². The predicted molar refractivity (Wildman–Crippen MR) is 107 cm³/mol. The number of imidazole rings is 1. The second-order valence-electron chi connectivity index (χ2n) is 6.45. The quantitative estimate of drug-likeness (QED) is 0.563. The first kappa shape index (κ1) is 17.0. The van der Waals surface area contributed by atoms with Crippen LogP contribution in [0.2, 0.25) is 0 Å². The summed E-state index contributed by atoms with van der Waals surface area (Å²) >= 11 is 0. The zero-order valence-electron chi connectivity index (χ0n) is 15.0. The van der Waals surface area contributed by atoms with E-state index in [0.29, 0.717) is 12.1 Å². The van der Waals surface area contributed by atoms with E-state index in [1.165, 1.54) is 5.56 Å². The number of fused-ring (bicyclic) bond motifs is 1. The van der Waals surface area contributed by atoms with E-state index in [-0.39, 0.29) is 5.91 Å². The second kappa shape index (κ2) is 7.87. The van der Waals surface area contributed by atoms with Crippen LogP contribution in [0.25, 0.3) is 11.0 Å². The van der Waals surface area contributed by atoms with Crippen molar-refractivity contribution >= 4 is 16.9 Å². The molecular weight excluding hydrogens is 334 g/mol. The van der Waals surface area contributed by atoms with Gasteiger partial charge >= 0.3 is 0 Å². The summed E-state index contributed by atoms with van der Waals surface area (Å²) in [6.45, 7) is 1.22. The lowest BCUT2D eigenvalue weighted by Gasteiger charge is -2.10. The molecule has 4 rings (SSSR count). The van der Waals surface area contributed by atoms with Crippen molar-refractivity contribution in [3.8, 4) is 0 Å². The summed E-state index contributed by atoms with van der Waals surface area (Å²) < 4.78 is 2.20. The maximum atomic E-state index is 12.4. The van der Waals surface area contributed by atoms with Gasteiger partial charge < -0.3 is 9.88 Å². The van der Waals surface area contributed by atoms with Crippen molar-refractivity contribution in [3.63, 3.8) is 0 Å². The highest BCUT2D eigenvalue weighted by Crippen LogP contribution is 2.17. The van der Waals surface area contributed by atoms with Gasteiger partial charge in [0.05, 0.1) is 17.6 Å². The first-order valence-corrected chi connectivity index (χ1v) is 9.12. The number of hydrogen-bond donors (Lipinski definition) is 1. The highest BCUT2D eigenvalue weighted by Gasteiger charge is 2.12. The van der Waals surface area contributed by atoms with Gasteiger partial charge in [0.25, 0.3) is 5.91 Å². The van der Waals surface area contributed by atoms with Gasteiger partial charge in [-0.15, -0.1) is 0 Å². The van der Waals surface area contributed by atoms with Crippen molar-refractivity contribution < 1.29 is 4.79 Å². The smallest absolute Gasteiger partial charge is 0.251 e. The predicted octanol–water partition coefficient (Wildman–Crippen LogP) is 4.21. The Balaban J connectivity index is 1.55. The molecule has 0 aliphatic heterocycles. The van der Waals surface area contributed by atoms with E-state index in [2.05, 4.69) is 40.2 Å². The molecule has 0 saturated heterocycles. The number of carbonyl (C=O) groups excluding carboxylic acids is 1. The highest BCUT2D eigenvalue weighted by atomic mass is 16.1. The van der Waals surface area contributed by atoms with Crippen LogP contribution in [0.1, 0.15) is 21.7 Å². The van der Waals surface area contributed by atoms with E-state index in [1.54, 1.807) is 0 Å². The number of nitrogens with one attached hydrogen (secondary N) is 1. The average Bonchev–Trinajstić information content (AvgIpc) is 3.09. The summed E-state index contributed by atoms with van der Waals surface area (Å²) in [5.41, 5.74) is 3.99. The molecule has 1 amide bonds. The van der Waals surface area contributed by atoms with Crippen molar-refractivity contribution in [3.05, 3.63) is 102 Å². The fourth-order valence-electron chi connectivity index (χ4n) is 3.25. The van der Waals surface area contributed by atoms with Crippen LogP contribution in [-0.4, -0.2) is 15.5 Å². The van der Waals surface area contributed by atoms with Crippen molar-refractivity contribution in [1.29, 1.82) is 0 Å². The normalized spacial score (nSPS) is 10.8. The average molecular weight is 355 g/mol. The molecule has 1 heterocycles. The van der Waals surface area contributed by atoms with Crippen LogP contribution in [0.4, 0.5) is 0 Å². The van der Waals surface area contributed by atoms with E-state index >= 15 is 0 Å². The number of aryl methyl sites for hydroxylation is 2. The lowest BCUT2D eigenvalue weighted by molar-refractivity contribution is 0.0949. The molecule has 1 aromatic heterocycles. The fraction of sp³-hybridized carbons (Fsp3) is 0.130. The topological polar surface area (TPSA) is 46.9 Å². The number of para-hydroxylation sites is 2. The molecule has 4 heteroatoms. The summed E-state index contributed by atoms with van der Waals surface area (Å²) in [4.78, 5) is 17.1. The Morgan fingerprint density at radius 3 is 2.30 bits per heavy atom. The lowest BCUT2D eigenvalue weighted by Crippen LogP contribution is -2.24. The zero-order valence-corrected chi connectivity index (χ0v) is 15.0. The highest BCUT2D eigenvalue weighted by molar-refractivity contribution is 5.94. The van der Waals surface area contributed by atoms with Gasteiger partial charge in [-0.3, -0.25) is 4.79 Å². The molecule has 3 aromatic carbocycles. The number of rotatable bonds is 6. The molecule has 4 nitrogen and oxygen atoms in total. The Kier molecular flexibility index (Phi) is 4.97. The van der Waals surface area contributed by atoms with Crippen LogP contribution < -0.4 is 5.32 Å². The number of carbonyl (C=O) groups is 1. The van der Waals surface area contributed by atoms with Gasteiger partial charge in [0.2, 0.25) is 0 Å². The number of hydrogen-bond acceptors (Lipinski definition) is 2. The molecule has 0 aliphatic carbocycles. The van der Waals surface area contributed by atoms with E-state index in [4.69, 9.17) is 4.98 Å². The Morgan fingerprint density at radius 1 is 0.852 bits per heavy atom. The third kappa shape index (κ3) is 3.90. The van der Waals surface area contributed by atoms with Gasteiger partial charge in [0, 0.05) is 12.1 Å². The minimum Gasteiger partial charge on any atom is -0.345 e. The largest absolute Gasteiger partial charge is 0.345 e. The Bertz CT molecular complexity index is 1040. The minimum atomic E-state index is -0.0859. The number of aromatic nitrogens is 2. The molecule has 0 saturated carbocycles. The van der Waals surface area contributed by atoms with Crippen molar-refractivity contribution in [1.82, 2.24) is 14.9 Å². The van der Waals surface area contributed by atoms with Gasteiger partial charge in [-0.1, -0.05) is 60.7 Å². The molecule has 134 valence electrons. The lowest BCUT2D eigenvalue weighted by atomic mass is 10.1. The number of amides is 1. The second-order valence-corrected chi connectivity index (χ2v) is 6.45. The van der Waals surface area contributed by atoms with Crippen molar-refractivity contribution in [2.45, 2.75) is 19.5 Å². The third-order valence-electron chi connectivity index (χ3n) is 4.64. The van der Waals surface area contributed by atoms with Crippen LogP contribution >= 0.6 is 0 Å². The Hall–Kier alpha value is -3.40. The Labute approximate surface area is 158 Å². The first-order valence-electron chi connectivity index (χ1n) is 9.12. The van der Waals surface area contributed by atoms with Crippen LogP contribution in [0, 0.1) is 0 Å². The molecule has 4 aromatic rings. The zero-order chi connectivity index (χ0) is 18.5. The summed E-state index contributed by atoms with van der Waals surface area (Å²) in [6.07, 6.45) is 0.917. The molecule has 0 bridgehead atoms. The van der Waals surface area contributed by atoms with E-state index in [9.17, 15) is 4.79 Å². The summed E-state index contributed by atoms with van der Waals surface area (Å²) in [5.74, 6) is 0.786. The van der Waals surface area contributed by atoms with Crippen LogP contribution in [0.3, 0.4) is 0 Å². The third-order valence-corrected chi connectivity index (χ3v) is 4.64. The molecule has 0 spiro atoms. The molecule has 0 radical (unpaired) electrons. The molecule has 1 N–H and O–H groups in total. The maximum absolute atomic E-state index is 12.4. The fourth-order valence-corrected chi connectivity index (χ4v) is 3.25. The van der Waals surface area contributed by atoms with Gasteiger partial charge in [-0.2, -0.15) is 0 Å². The summed E-state index contributed by atoms with van der Waals surface area (Å²) in [5, 5.41) is 2.99. The van der Waals surface area contributed by atoms with E-state index in [1.807, 2.05) is 54.6 Å². The monoisotopic (exact) mass is 355 g/mol. The molecular formula is C23H21N3O. The molecule has 0 fully saturated rings. The van der Waals surface area contributed by atoms with Crippen LogP contribution in [-0.2, 0) is 19.5 Å². The SMILES string of the molecule is O=C(NCc1nc2ccccc2n1CCc1ccccc1)c1ccccc1. The van der Waals surface area contributed by atoms with Crippen LogP contribution in [0.15, 0.2) is 84.9 Å². The van der Waals surface area contributed by atoms with Crippen LogP contribution in [0.5, 0.6) is 0 Å². The van der Waals surface area contributed by atoms with Gasteiger partial charge in [0.1, 0.15) is 5.82 Å². The van der Waals surface area contributed by atoms with E-state index < -0.39 is 0 Å². The molecule has 0 aliphatic rings. The number of benzene rings is 3. The summed E-state index contributed by atoms with van der Waals surface area (Å²) in [7, 11) is 0. The van der Waals surface area contributed by atoms with Gasteiger partial charge in [0.15, 0.2) is 0 Å². The molecule has 0 atom stereocenters. The van der Waals surface area contributed by atoms with Crippen molar-refractivity contribution in [2.24, 2.45) is 0 Å². The van der Waals surface area contributed by atoms with Gasteiger partial charge in [-0.05, 0) is 36.2 Å². The standard InChI is InChI=1S/C23H21N3O/c27-23(19-11-5-2-6-12-19)24-17-22-25-20-13-7-8-14-21(20)26(22)16-15-18-9-3-1-4-10-18/h1-14H,15-17H2,(H,24,27). The minimum absolute atomic E-state index is 0.0859. The maximum Gasteiger partial charge on any atom is 0.251 e. The van der Waals surface area contributed by atoms with Crippen molar-refractivity contribution in [2.75, 3.05) is 0 Å². The number of nitrogens with zero attached hydrogens (tertiary/aromatic N) is 2. The molecule has 27 heavy (non-hydrogen) atoms. The molecule has 0 unspecified atom stereocenters. The van der Waals surface area contributed by atoms with E-state index in [0.717, 1.165) is 29.8 Å². The Morgan fingerprint density at radius 2 is 1.52 bits per heavy atom. The first-order chi connectivity index (χ1) is 13.3. The summed E-state index contributed by atoms with van der Waals surface area (Å²) in [6, 6.07) is 27.8.